The van der Waals surface area contributed by atoms with E-state index in [0.29, 0.717) is 22.2 Å². The van der Waals surface area contributed by atoms with E-state index >= 15 is 0 Å². The number of anilines is 1. The van der Waals surface area contributed by atoms with Gasteiger partial charge in [0.25, 0.3) is 10.0 Å². The number of aryl methyl sites for hydroxylation is 1. The average Bonchev–Trinajstić information content (AvgIpc) is 2.69. The lowest BCUT2D eigenvalue weighted by atomic mass is 10.2. The van der Waals surface area contributed by atoms with Gasteiger partial charge in [0.15, 0.2) is 5.75 Å². The minimum Gasteiger partial charge on any atom is -0.454 e. The van der Waals surface area contributed by atoms with Crippen molar-refractivity contribution in [1.82, 2.24) is 9.71 Å². The molecule has 0 spiro atoms. The molecule has 9 heteroatoms. The van der Waals surface area contributed by atoms with E-state index in [9.17, 15) is 8.42 Å². The van der Waals surface area contributed by atoms with E-state index in [0.717, 1.165) is 11.3 Å². The number of halogens is 1. The molecule has 0 unspecified atom stereocenters. The molecule has 0 fully saturated rings. The molecule has 0 radical (unpaired) electrons. The Hall–Kier alpha value is -3.10. The molecule has 0 aliphatic carbocycles. The van der Waals surface area contributed by atoms with E-state index in [-0.39, 0.29) is 17.4 Å². The van der Waals surface area contributed by atoms with E-state index in [4.69, 9.17) is 16.3 Å². The Kier molecular flexibility index (Phi) is 5.12. The lowest BCUT2D eigenvalue weighted by Crippen LogP contribution is -2.40. The van der Waals surface area contributed by atoms with E-state index in [1.54, 1.807) is 42.6 Å². The van der Waals surface area contributed by atoms with Crippen molar-refractivity contribution >= 4 is 33.3 Å². The SMILES string of the molecule is Cc1ccc(CN=C2Nc3c(Oc4ccccc4Cl)cccc3S(=O)(=O)N2)nc1. The number of aromatic nitrogens is 1. The Bertz CT molecular complexity index is 1190. The van der Waals surface area contributed by atoms with Crippen LogP contribution in [-0.4, -0.2) is 19.4 Å². The third-order valence-electron chi connectivity index (χ3n) is 4.18. The number of benzene rings is 2. The summed E-state index contributed by atoms with van der Waals surface area (Å²) < 4.78 is 33.7. The molecule has 0 amide bonds. The fourth-order valence-electron chi connectivity index (χ4n) is 2.74. The van der Waals surface area contributed by atoms with E-state index in [1.807, 2.05) is 19.1 Å². The largest absolute Gasteiger partial charge is 0.454 e. The summed E-state index contributed by atoms with van der Waals surface area (Å²) in [6, 6.07) is 15.5. The molecular weight excluding hydrogens is 412 g/mol. The van der Waals surface area contributed by atoms with E-state index in [1.165, 1.54) is 6.07 Å². The van der Waals surface area contributed by atoms with Crippen LogP contribution in [0.4, 0.5) is 5.69 Å². The van der Waals surface area contributed by atoms with Crippen molar-refractivity contribution in [3.8, 4) is 11.5 Å². The first kappa shape index (κ1) is 19.2. The van der Waals surface area contributed by atoms with Gasteiger partial charge in [0.05, 0.1) is 17.3 Å². The standard InChI is InChI=1S/C20H17ClN4O3S/c1-13-9-10-14(22-11-13)12-23-20-24-19-17(28-16-6-3-2-5-15(16)21)7-4-8-18(19)29(26,27)25-20/h2-11H,12H2,1H3,(H2,23,24,25). The zero-order chi connectivity index (χ0) is 20.4. The number of ether oxygens (including phenoxy) is 1. The molecule has 3 aromatic rings. The Morgan fingerprint density at radius 2 is 1.86 bits per heavy atom. The lowest BCUT2D eigenvalue weighted by Gasteiger charge is -2.23. The van der Waals surface area contributed by atoms with Crippen molar-refractivity contribution in [2.75, 3.05) is 5.32 Å². The van der Waals surface area contributed by atoms with Crippen LogP contribution in [0.15, 0.2) is 70.7 Å². The molecule has 2 aromatic carbocycles. The number of rotatable bonds is 4. The third kappa shape index (κ3) is 4.18. The fraction of sp³-hybridized carbons (Fsp3) is 0.100. The van der Waals surface area contributed by atoms with Crippen LogP contribution in [-0.2, 0) is 16.6 Å². The maximum absolute atomic E-state index is 12.7. The van der Waals surface area contributed by atoms with Crippen LogP contribution < -0.4 is 14.8 Å². The maximum atomic E-state index is 12.7. The van der Waals surface area contributed by atoms with Crippen LogP contribution in [0.3, 0.4) is 0 Å². The fourth-order valence-corrected chi connectivity index (χ4v) is 4.07. The van der Waals surface area contributed by atoms with E-state index < -0.39 is 10.0 Å². The molecule has 148 valence electrons. The van der Waals surface area contributed by atoms with E-state index in [2.05, 4.69) is 20.0 Å². The highest BCUT2D eigenvalue weighted by Crippen LogP contribution is 2.38. The molecule has 1 aliphatic heterocycles. The molecule has 1 aliphatic rings. The monoisotopic (exact) mass is 428 g/mol. The zero-order valence-electron chi connectivity index (χ0n) is 15.4. The molecule has 1 aromatic heterocycles. The molecule has 29 heavy (non-hydrogen) atoms. The Morgan fingerprint density at radius 1 is 1.07 bits per heavy atom. The van der Waals surface area contributed by atoms with Gasteiger partial charge in [0.1, 0.15) is 16.3 Å². The molecule has 0 bridgehead atoms. The van der Waals surface area contributed by atoms with Crippen LogP contribution in [0.5, 0.6) is 11.5 Å². The summed E-state index contributed by atoms with van der Waals surface area (Å²) in [7, 11) is -3.80. The van der Waals surface area contributed by atoms with Crippen molar-refractivity contribution in [3.63, 3.8) is 0 Å². The summed E-state index contributed by atoms with van der Waals surface area (Å²) in [5, 5.41) is 3.42. The number of hydrogen-bond acceptors (Lipinski definition) is 5. The number of hydrogen-bond donors (Lipinski definition) is 2. The summed E-state index contributed by atoms with van der Waals surface area (Å²) in [4.78, 5) is 8.65. The molecule has 7 nitrogen and oxygen atoms in total. The molecule has 2 N–H and O–H groups in total. The third-order valence-corrected chi connectivity index (χ3v) is 5.87. The first-order valence-electron chi connectivity index (χ1n) is 8.73. The van der Waals surface area contributed by atoms with Gasteiger partial charge in [-0.3, -0.25) is 4.98 Å². The van der Waals surface area contributed by atoms with Gasteiger partial charge in [-0.15, -0.1) is 0 Å². The minimum absolute atomic E-state index is 0.0643. The number of nitrogens with one attached hydrogen (secondary N) is 2. The first-order valence-corrected chi connectivity index (χ1v) is 10.6. The Balaban J connectivity index is 1.67. The number of aliphatic imine (C=N–C) groups is 1. The first-order chi connectivity index (χ1) is 13.9. The number of sulfonamides is 1. The summed E-state index contributed by atoms with van der Waals surface area (Å²) in [5.41, 5.74) is 2.05. The normalized spacial score (nSPS) is 15.9. The molecule has 0 saturated carbocycles. The van der Waals surface area contributed by atoms with Gasteiger partial charge in [-0.05, 0) is 42.8 Å². The molecule has 0 atom stereocenters. The highest BCUT2D eigenvalue weighted by molar-refractivity contribution is 7.90. The molecule has 4 rings (SSSR count). The molecule has 2 heterocycles. The van der Waals surface area contributed by atoms with Crippen molar-refractivity contribution in [2.24, 2.45) is 4.99 Å². The van der Waals surface area contributed by atoms with Gasteiger partial charge in [-0.2, -0.15) is 0 Å². The second kappa shape index (κ2) is 7.73. The van der Waals surface area contributed by atoms with Gasteiger partial charge >= 0.3 is 0 Å². The lowest BCUT2D eigenvalue weighted by molar-refractivity contribution is 0.483. The second-order valence-electron chi connectivity index (χ2n) is 6.38. The summed E-state index contributed by atoms with van der Waals surface area (Å²) >= 11 is 6.16. The van der Waals surface area contributed by atoms with Crippen molar-refractivity contribution in [3.05, 3.63) is 77.1 Å². The zero-order valence-corrected chi connectivity index (χ0v) is 17.0. The van der Waals surface area contributed by atoms with Crippen LogP contribution in [0.25, 0.3) is 0 Å². The number of nitrogens with zero attached hydrogens (tertiary/aromatic N) is 2. The highest BCUT2D eigenvalue weighted by atomic mass is 35.5. The van der Waals surface area contributed by atoms with Crippen molar-refractivity contribution < 1.29 is 13.2 Å². The van der Waals surface area contributed by atoms with Gasteiger partial charge in [0.2, 0.25) is 5.96 Å². The average molecular weight is 429 g/mol. The second-order valence-corrected chi connectivity index (χ2v) is 8.44. The van der Waals surface area contributed by atoms with Gasteiger partial charge in [-0.25, -0.2) is 18.1 Å². The highest BCUT2D eigenvalue weighted by Gasteiger charge is 2.29. The van der Waals surface area contributed by atoms with Crippen molar-refractivity contribution in [2.45, 2.75) is 18.4 Å². The van der Waals surface area contributed by atoms with Crippen LogP contribution in [0.1, 0.15) is 11.3 Å². The van der Waals surface area contributed by atoms with Gasteiger partial charge in [-0.1, -0.05) is 35.9 Å². The predicted octanol–water partition coefficient (Wildman–Crippen LogP) is 4.10. The van der Waals surface area contributed by atoms with Crippen LogP contribution in [0.2, 0.25) is 5.02 Å². The minimum atomic E-state index is -3.80. The molecule has 0 saturated heterocycles. The number of fused-ring (bicyclic) bond motifs is 1. The maximum Gasteiger partial charge on any atom is 0.266 e. The predicted molar refractivity (Wildman–Crippen MR) is 112 cm³/mol. The molecular formula is C20H17ClN4O3S. The number of guanidine groups is 1. The summed E-state index contributed by atoms with van der Waals surface area (Å²) in [6.45, 7) is 2.16. The van der Waals surface area contributed by atoms with Gasteiger partial charge in [0, 0.05) is 6.20 Å². The van der Waals surface area contributed by atoms with Crippen LogP contribution >= 0.6 is 11.6 Å². The number of para-hydroxylation sites is 2. The Morgan fingerprint density at radius 3 is 2.62 bits per heavy atom. The quantitative estimate of drug-likeness (QED) is 0.652. The topological polar surface area (TPSA) is 92.7 Å². The Labute approximate surface area is 173 Å². The summed E-state index contributed by atoms with van der Waals surface area (Å²) in [5.74, 6) is 0.833. The summed E-state index contributed by atoms with van der Waals surface area (Å²) in [6.07, 6.45) is 1.73. The van der Waals surface area contributed by atoms with Gasteiger partial charge < -0.3 is 10.1 Å². The van der Waals surface area contributed by atoms with Crippen molar-refractivity contribution in [1.29, 1.82) is 0 Å². The smallest absolute Gasteiger partial charge is 0.266 e. The number of pyridine rings is 1. The van der Waals surface area contributed by atoms with Crippen LogP contribution in [0, 0.1) is 6.92 Å².